The van der Waals surface area contributed by atoms with E-state index in [9.17, 15) is 9.59 Å². The van der Waals surface area contributed by atoms with Crippen molar-refractivity contribution >= 4 is 62.8 Å². The number of rotatable bonds is 4. The highest BCUT2D eigenvalue weighted by molar-refractivity contribution is 6.35. The smallest absolute Gasteiger partial charge is 0.255 e. The average Bonchev–Trinajstić information content (AvgIpc) is 3.22. The monoisotopic (exact) mass is 483 g/mol. The van der Waals surface area contributed by atoms with Gasteiger partial charge in [0.25, 0.3) is 5.91 Å². The Labute approximate surface area is 198 Å². The van der Waals surface area contributed by atoms with E-state index in [1.54, 1.807) is 24.3 Å². The third-order valence-corrected chi connectivity index (χ3v) is 6.05. The Bertz CT molecular complexity index is 1400. The molecule has 1 fully saturated rings. The summed E-state index contributed by atoms with van der Waals surface area (Å²) in [6, 6.07) is 8.58. The van der Waals surface area contributed by atoms with Crippen molar-refractivity contribution in [2.24, 2.45) is 0 Å². The average molecular weight is 484 g/mol. The van der Waals surface area contributed by atoms with Crippen LogP contribution < -0.4 is 10.6 Å². The van der Waals surface area contributed by atoms with Crippen molar-refractivity contribution < 1.29 is 9.59 Å². The van der Waals surface area contributed by atoms with Gasteiger partial charge >= 0.3 is 0 Å². The van der Waals surface area contributed by atoms with Gasteiger partial charge in [0.05, 0.1) is 39.7 Å². The zero-order chi connectivity index (χ0) is 23.1. The van der Waals surface area contributed by atoms with Crippen LogP contribution in [-0.2, 0) is 4.79 Å². The highest BCUT2D eigenvalue weighted by Gasteiger charge is 2.25. The first kappa shape index (κ1) is 21.4. The van der Waals surface area contributed by atoms with E-state index < -0.39 is 0 Å². The van der Waals surface area contributed by atoms with Crippen LogP contribution in [-0.4, -0.2) is 56.3 Å². The van der Waals surface area contributed by atoms with Gasteiger partial charge in [0.15, 0.2) is 0 Å². The molecule has 2 aromatic heterocycles. The number of imidazole rings is 1. The minimum atomic E-state index is -0.306. The Morgan fingerprint density at radius 2 is 2.03 bits per heavy atom. The lowest BCUT2D eigenvalue weighted by molar-refractivity contribution is -0.123. The Morgan fingerprint density at radius 1 is 1.18 bits per heavy atom. The molecule has 2 amide bonds. The summed E-state index contributed by atoms with van der Waals surface area (Å²) in [6.45, 7) is 2.80. The van der Waals surface area contributed by atoms with Crippen LogP contribution in [0.25, 0.3) is 21.9 Å². The van der Waals surface area contributed by atoms with Gasteiger partial charge in [0.1, 0.15) is 18.0 Å². The number of aromatic amines is 1. The van der Waals surface area contributed by atoms with Crippen molar-refractivity contribution in [3.05, 3.63) is 58.1 Å². The fourth-order valence-electron chi connectivity index (χ4n) is 3.82. The van der Waals surface area contributed by atoms with Gasteiger partial charge in [-0.1, -0.05) is 23.2 Å². The van der Waals surface area contributed by atoms with Gasteiger partial charge in [-0.2, -0.15) is 0 Å². The molecule has 0 spiro atoms. The van der Waals surface area contributed by atoms with Gasteiger partial charge in [0.2, 0.25) is 5.91 Å². The molecule has 3 heterocycles. The van der Waals surface area contributed by atoms with Crippen LogP contribution in [0.15, 0.2) is 36.7 Å². The highest BCUT2D eigenvalue weighted by atomic mass is 35.5. The zero-order valence-electron chi connectivity index (χ0n) is 17.5. The first-order chi connectivity index (χ1) is 15.9. The van der Waals surface area contributed by atoms with Crippen molar-refractivity contribution in [3.8, 4) is 0 Å². The number of nitrogens with zero attached hydrogens (tertiary/aromatic N) is 4. The zero-order valence-corrected chi connectivity index (χ0v) is 19.0. The van der Waals surface area contributed by atoms with Crippen molar-refractivity contribution in [1.82, 2.24) is 30.2 Å². The molecule has 1 atom stereocenters. The van der Waals surface area contributed by atoms with Crippen molar-refractivity contribution in [1.29, 1.82) is 0 Å². The number of hydrogen-bond donors (Lipinski definition) is 3. The van der Waals surface area contributed by atoms with E-state index in [2.05, 4.69) is 30.6 Å². The van der Waals surface area contributed by atoms with E-state index >= 15 is 0 Å². The summed E-state index contributed by atoms with van der Waals surface area (Å²) < 4.78 is 0. The first-order valence-electron chi connectivity index (χ1n) is 10.3. The topological polar surface area (TPSA) is 116 Å². The number of fused-ring (bicyclic) bond motifs is 2. The molecule has 0 radical (unpaired) electrons. The highest BCUT2D eigenvalue weighted by Crippen LogP contribution is 2.30. The second-order valence-corrected chi connectivity index (χ2v) is 8.64. The molecule has 11 heteroatoms. The molecule has 1 aliphatic rings. The number of benzene rings is 2. The van der Waals surface area contributed by atoms with Crippen molar-refractivity contribution in [3.63, 3.8) is 0 Å². The summed E-state index contributed by atoms with van der Waals surface area (Å²) in [6.07, 6.45) is 1.42. The van der Waals surface area contributed by atoms with Gasteiger partial charge in [-0.25, -0.2) is 15.0 Å². The quantitative estimate of drug-likeness (QED) is 0.408. The second kappa shape index (κ2) is 8.49. The number of piperazine rings is 1. The van der Waals surface area contributed by atoms with Crippen LogP contribution in [0.2, 0.25) is 10.0 Å². The molecule has 168 valence electrons. The first-order valence-corrected chi connectivity index (χ1v) is 11.1. The van der Waals surface area contributed by atoms with Gasteiger partial charge in [-0.3, -0.25) is 9.59 Å². The third kappa shape index (κ3) is 4.17. The molecule has 4 aromatic rings. The summed E-state index contributed by atoms with van der Waals surface area (Å²) in [7, 11) is 0. The van der Waals surface area contributed by atoms with Crippen molar-refractivity contribution in [2.75, 3.05) is 25.0 Å². The van der Waals surface area contributed by atoms with E-state index in [1.165, 1.54) is 11.2 Å². The number of halogens is 2. The predicted molar refractivity (Wildman–Crippen MR) is 127 cm³/mol. The molecule has 1 saturated heterocycles. The number of nitrogens with one attached hydrogen (secondary N) is 3. The van der Waals surface area contributed by atoms with Gasteiger partial charge in [0, 0.05) is 23.5 Å². The van der Waals surface area contributed by atoms with E-state index in [0.29, 0.717) is 40.4 Å². The van der Waals surface area contributed by atoms with Crippen LogP contribution in [0.3, 0.4) is 0 Å². The van der Waals surface area contributed by atoms with Gasteiger partial charge in [-0.15, -0.1) is 0 Å². The molecule has 5 rings (SSSR count). The fourth-order valence-corrected chi connectivity index (χ4v) is 4.23. The van der Waals surface area contributed by atoms with Crippen LogP contribution in [0.5, 0.6) is 0 Å². The molecule has 0 aliphatic carbocycles. The standard InChI is InChI=1S/C22H19Cl2N7O2/c1-11(20-29-16-3-2-12(23)6-18(16)30-20)28-21-14-7-15(24)13(8-17(14)26-10-27-21)22(33)31-5-4-25-19(32)9-31/h2-3,6-8,10-11H,4-5,9H2,1H3,(H,25,32)(H,29,30)(H,26,27,28)/t11-/m0/s1. The molecule has 0 saturated carbocycles. The van der Waals surface area contributed by atoms with E-state index in [4.69, 9.17) is 23.2 Å². The lowest BCUT2D eigenvalue weighted by Gasteiger charge is -2.27. The summed E-state index contributed by atoms with van der Waals surface area (Å²) in [5, 5.41) is 7.59. The SMILES string of the molecule is C[C@H](Nc1ncnc2cc(C(=O)N3CCNC(=O)C3)c(Cl)cc12)c1nc2cc(Cl)ccc2[nH]1. The number of anilines is 1. The van der Waals surface area contributed by atoms with Gasteiger partial charge < -0.3 is 20.5 Å². The molecular formula is C22H19Cl2N7O2. The third-order valence-electron chi connectivity index (χ3n) is 5.51. The number of aromatic nitrogens is 4. The number of carbonyl (C=O) groups excluding carboxylic acids is 2. The molecule has 1 aliphatic heterocycles. The Morgan fingerprint density at radius 3 is 2.85 bits per heavy atom. The lowest BCUT2D eigenvalue weighted by atomic mass is 10.1. The summed E-state index contributed by atoms with van der Waals surface area (Å²) in [5.41, 5.74) is 2.51. The summed E-state index contributed by atoms with van der Waals surface area (Å²) in [4.78, 5) is 42.7. The number of H-pyrrole nitrogens is 1. The minimum absolute atomic E-state index is 0.00397. The van der Waals surface area contributed by atoms with E-state index in [0.717, 1.165) is 16.9 Å². The molecule has 9 nitrogen and oxygen atoms in total. The van der Waals surface area contributed by atoms with E-state index in [1.807, 2.05) is 13.0 Å². The summed E-state index contributed by atoms with van der Waals surface area (Å²) in [5.74, 6) is 0.783. The number of carbonyl (C=O) groups is 2. The molecular weight excluding hydrogens is 465 g/mol. The summed E-state index contributed by atoms with van der Waals surface area (Å²) >= 11 is 12.5. The maximum absolute atomic E-state index is 12.9. The Kier molecular flexibility index (Phi) is 5.51. The normalized spacial score (nSPS) is 15.0. The molecule has 2 aromatic carbocycles. The second-order valence-electron chi connectivity index (χ2n) is 7.80. The van der Waals surface area contributed by atoms with Crippen molar-refractivity contribution in [2.45, 2.75) is 13.0 Å². The molecule has 3 N–H and O–H groups in total. The maximum atomic E-state index is 12.9. The largest absolute Gasteiger partial charge is 0.360 e. The lowest BCUT2D eigenvalue weighted by Crippen LogP contribution is -2.50. The van der Waals surface area contributed by atoms with Crippen LogP contribution >= 0.6 is 23.2 Å². The Hall–Kier alpha value is -3.43. The maximum Gasteiger partial charge on any atom is 0.255 e. The van der Waals surface area contributed by atoms with Gasteiger partial charge in [-0.05, 0) is 37.3 Å². The fraction of sp³-hybridized carbons (Fsp3) is 0.227. The van der Waals surface area contributed by atoms with Crippen LogP contribution in [0.4, 0.5) is 5.82 Å². The van der Waals surface area contributed by atoms with Crippen LogP contribution in [0.1, 0.15) is 29.1 Å². The van der Waals surface area contributed by atoms with E-state index in [-0.39, 0.29) is 29.4 Å². The Balaban J connectivity index is 1.44. The molecule has 0 bridgehead atoms. The predicted octanol–water partition coefficient (Wildman–Crippen LogP) is 3.56. The molecule has 33 heavy (non-hydrogen) atoms. The van der Waals surface area contributed by atoms with Crippen LogP contribution in [0, 0.1) is 0 Å². The number of hydrogen-bond acceptors (Lipinski definition) is 6. The number of amides is 2. The molecule has 0 unspecified atom stereocenters. The minimum Gasteiger partial charge on any atom is -0.360 e.